The second-order valence-corrected chi connectivity index (χ2v) is 6.42. The second kappa shape index (κ2) is 7.05. The van der Waals surface area contributed by atoms with E-state index < -0.39 is 11.6 Å². The molecule has 4 N–H and O–H groups in total. The van der Waals surface area contributed by atoms with E-state index in [4.69, 9.17) is 5.73 Å². The predicted octanol–water partition coefficient (Wildman–Crippen LogP) is 1.61. The molecule has 21 heavy (non-hydrogen) atoms. The van der Waals surface area contributed by atoms with Crippen LogP contribution in [-0.2, 0) is 11.2 Å². The molecule has 0 saturated heterocycles. The average molecular weight is 290 g/mol. The number of nitrogens with one attached hydrogen (secondary N) is 1. The van der Waals surface area contributed by atoms with Crippen LogP contribution in [0.25, 0.3) is 0 Å². The maximum Gasteiger partial charge on any atom is 0.237 e. The Morgan fingerprint density at radius 2 is 2.00 bits per heavy atom. The highest BCUT2D eigenvalue weighted by Crippen LogP contribution is 2.31. The fraction of sp³-hybridized carbons (Fsp3) is 0.588. The van der Waals surface area contributed by atoms with Crippen LogP contribution in [0.4, 0.5) is 0 Å². The minimum atomic E-state index is -0.755. The number of amides is 1. The number of hydrogen-bond acceptors (Lipinski definition) is 3. The number of rotatable bonds is 5. The van der Waals surface area contributed by atoms with Gasteiger partial charge in [0.1, 0.15) is 0 Å². The lowest BCUT2D eigenvalue weighted by atomic mass is 9.79. The summed E-state index contributed by atoms with van der Waals surface area (Å²) in [5.74, 6) is 0.479. The van der Waals surface area contributed by atoms with Crippen LogP contribution in [0, 0.1) is 5.92 Å². The fourth-order valence-corrected chi connectivity index (χ4v) is 2.82. The molecule has 1 aromatic carbocycles. The monoisotopic (exact) mass is 290 g/mol. The predicted molar refractivity (Wildman–Crippen MR) is 83.7 cm³/mol. The topological polar surface area (TPSA) is 75.3 Å². The van der Waals surface area contributed by atoms with Gasteiger partial charge in [-0.25, -0.2) is 0 Å². The van der Waals surface area contributed by atoms with Gasteiger partial charge >= 0.3 is 0 Å². The highest BCUT2D eigenvalue weighted by molar-refractivity contribution is 5.81. The zero-order valence-electron chi connectivity index (χ0n) is 12.7. The number of carbonyl (C=O) groups is 1. The maximum atomic E-state index is 12.0. The first kappa shape index (κ1) is 16.0. The second-order valence-electron chi connectivity index (χ2n) is 6.42. The maximum absolute atomic E-state index is 12.0. The smallest absolute Gasteiger partial charge is 0.237 e. The van der Waals surface area contributed by atoms with Crippen LogP contribution < -0.4 is 11.1 Å². The van der Waals surface area contributed by atoms with Crippen molar-refractivity contribution in [3.8, 4) is 0 Å². The minimum absolute atomic E-state index is 0.189. The molecule has 116 valence electrons. The molecule has 4 heteroatoms. The highest BCUT2D eigenvalue weighted by Gasteiger charge is 2.32. The van der Waals surface area contributed by atoms with E-state index in [9.17, 15) is 9.90 Å². The van der Waals surface area contributed by atoms with Gasteiger partial charge in [0.15, 0.2) is 0 Å². The lowest BCUT2D eigenvalue weighted by molar-refractivity contribution is -0.124. The Labute approximate surface area is 126 Å². The van der Waals surface area contributed by atoms with Gasteiger partial charge in [-0.15, -0.1) is 0 Å². The summed E-state index contributed by atoms with van der Waals surface area (Å²) in [6, 6.07) is 9.16. The van der Waals surface area contributed by atoms with Crippen molar-refractivity contribution in [2.24, 2.45) is 11.7 Å². The lowest BCUT2D eigenvalue weighted by Gasteiger charge is -2.35. The molecule has 1 saturated carbocycles. The number of nitrogens with two attached hydrogens (primary N) is 1. The van der Waals surface area contributed by atoms with Gasteiger partial charge in [0, 0.05) is 6.54 Å². The first-order valence-corrected chi connectivity index (χ1v) is 7.78. The number of aliphatic hydroxyl groups is 1. The van der Waals surface area contributed by atoms with Crippen molar-refractivity contribution >= 4 is 5.91 Å². The molecule has 1 aromatic rings. The first-order valence-electron chi connectivity index (χ1n) is 7.78. The molecule has 1 amide bonds. The Balaban J connectivity index is 1.78. The van der Waals surface area contributed by atoms with Crippen LogP contribution in [0.1, 0.15) is 38.2 Å². The van der Waals surface area contributed by atoms with E-state index in [0.29, 0.717) is 18.9 Å². The zero-order chi connectivity index (χ0) is 15.3. The summed E-state index contributed by atoms with van der Waals surface area (Å²) in [5.41, 5.74) is 6.23. The molecule has 0 spiro atoms. The molecule has 1 unspecified atom stereocenters. The molecule has 0 aromatic heterocycles. The largest absolute Gasteiger partial charge is 0.388 e. The van der Waals surface area contributed by atoms with Crippen molar-refractivity contribution in [3.05, 3.63) is 35.9 Å². The van der Waals surface area contributed by atoms with E-state index >= 15 is 0 Å². The molecule has 0 radical (unpaired) electrons. The Hall–Kier alpha value is -1.39. The van der Waals surface area contributed by atoms with Gasteiger partial charge in [0.25, 0.3) is 0 Å². The minimum Gasteiger partial charge on any atom is -0.388 e. The van der Waals surface area contributed by atoms with Crippen molar-refractivity contribution in [2.75, 3.05) is 6.54 Å². The average Bonchev–Trinajstić information content (AvgIpc) is 2.49. The van der Waals surface area contributed by atoms with E-state index in [2.05, 4.69) is 12.2 Å². The Morgan fingerprint density at radius 3 is 2.62 bits per heavy atom. The summed E-state index contributed by atoms with van der Waals surface area (Å²) >= 11 is 0. The first-order chi connectivity index (χ1) is 9.98. The van der Waals surface area contributed by atoms with E-state index in [1.54, 1.807) is 0 Å². The molecule has 2 rings (SSSR count). The number of carbonyl (C=O) groups excluding carboxylic acids is 1. The fourth-order valence-electron chi connectivity index (χ4n) is 2.82. The third-order valence-electron chi connectivity index (χ3n) is 4.43. The van der Waals surface area contributed by atoms with Crippen LogP contribution in [0.15, 0.2) is 30.3 Å². The van der Waals surface area contributed by atoms with E-state index in [0.717, 1.165) is 31.2 Å². The van der Waals surface area contributed by atoms with Gasteiger partial charge < -0.3 is 16.2 Å². The molecule has 0 aliphatic heterocycles. The summed E-state index contributed by atoms with van der Waals surface area (Å²) in [6.45, 7) is 2.51. The molecule has 1 aliphatic carbocycles. The summed E-state index contributed by atoms with van der Waals surface area (Å²) in [5, 5.41) is 13.3. The number of hydrogen-bond donors (Lipinski definition) is 3. The van der Waals surface area contributed by atoms with Gasteiger partial charge in [-0.3, -0.25) is 4.79 Å². The molecule has 4 nitrogen and oxygen atoms in total. The van der Waals surface area contributed by atoms with E-state index in [1.165, 1.54) is 0 Å². The molecule has 1 atom stereocenters. The van der Waals surface area contributed by atoms with Crippen molar-refractivity contribution in [2.45, 2.75) is 50.7 Å². The van der Waals surface area contributed by atoms with Crippen LogP contribution >= 0.6 is 0 Å². The summed E-state index contributed by atoms with van der Waals surface area (Å²) in [4.78, 5) is 12.0. The molecule has 0 bridgehead atoms. The standard InChI is InChI=1S/C17H26N2O2/c1-13-7-9-17(21,10-8-13)12-19-16(20)15(18)11-14-5-3-2-4-6-14/h2-6,13,15,21H,7-12,18H2,1H3,(H,19,20). The molecular formula is C17H26N2O2. The Morgan fingerprint density at radius 1 is 1.38 bits per heavy atom. The van der Waals surface area contributed by atoms with Gasteiger partial charge in [-0.05, 0) is 43.6 Å². The highest BCUT2D eigenvalue weighted by atomic mass is 16.3. The van der Waals surface area contributed by atoms with Crippen LogP contribution in [0.3, 0.4) is 0 Å². The Bertz CT molecular complexity index is 453. The molecule has 1 fully saturated rings. The van der Waals surface area contributed by atoms with Gasteiger partial charge in [-0.2, -0.15) is 0 Å². The van der Waals surface area contributed by atoms with E-state index in [1.807, 2.05) is 30.3 Å². The lowest BCUT2D eigenvalue weighted by Crippen LogP contribution is -2.50. The summed E-state index contributed by atoms with van der Waals surface area (Å²) in [6.07, 6.45) is 4.05. The third kappa shape index (κ3) is 4.83. The molecule has 0 heterocycles. The van der Waals surface area contributed by atoms with Crippen molar-refractivity contribution in [1.29, 1.82) is 0 Å². The van der Waals surface area contributed by atoms with Crippen LogP contribution in [-0.4, -0.2) is 29.2 Å². The van der Waals surface area contributed by atoms with Crippen molar-refractivity contribution in [3.63, 3.8) is 0 Å². The SMILES string of the molecule is CC1CCC(O)(CNC(=O)C(N)Cc2ccccc2)CC1. The molecular weight excluding hydrogens is 264 g/mol. The van der Waals surface area contributed by atoms with Crippen LogP contribution in [0.2, 0.25) is 0 Å². The van der Waals surface area contributed by atoms with Gasteiger partial charge in [0.2, 0.25) is 5.91 Å². The molecule has 1 aliphatic rings. The van der Waals surface area contributed by atoms with E-state index in [-0.39, 0.29) is 5.91 Å². The quantitative estimate of drug-likeness (QED) is 0.771. The third-order valence-corrected chi connectivity index (χ3v) is 4.43. The Kier molecular flexibility index (Phi) is 5.37. The zero-order valence-corrected chi connectivity index (χ0v) is 12.7. The van der Waals surface area contributed by atoms with Crippen LogP contribution in [0.5, 0.6) is 0 Å². The normalized spacial score (nSPS) is 27.1. The number of benzene rings is 1. The van der Waals surface area contributed by atoms with Gasteiger partial charge in [0.05, 0.1) is 11.6 Å². The summed E-state index contributed by atoms with van der Waals surface area (Å²) < 4.78 is 0. The van der Waals surface area contributed by atoms with Crippen molar-refractivity contribution < 1.29 is 9.90 Å². The summed E-state index contributed by atoms with van der Waals surface area (Å²) in [7, 11) is 0. The van der Waals surface area contributed by atoms with Crippen molar-refractivity contribution in [1.82, 2.24) is 5.32 Å². The van der Waals surface area contributed by atoms with Gasteiger partial charge in [-0.1, -0.05) is 37.3 Å².